The van der Waals surface area contributed by atoms with Crippen LogP contribution in [-0.4, -0.2) is 42.8 Å². The van der Waals surface area contributed by atoms with Crippen molar-refractivity contribution < 1.29 is 5.11 Å². The molecule has 2 rings (SSSR count). The third-order valence-electron chi connectivity index (χ3n) is 4.53. The first-order valence-electron chi connectivity index (χ1n) is 8.36. The number of piperidine rings is 1. The van der Waals surface area contributed by atoms with Gasteiger partial charge in [0.05, 0.1) is 0 Å². The summed E-state index contributed by atoms with van der Waals surface area (Å²) in [6, 6.07) is 9.32. The lowest BCUT2D eigenvalue weighted by molar-refractivity contribution is 0.117. The fourth-order valence-corrected chi connectivity index (χ4v) is 3.25. The molecule has 1 aliphatic heterocycles. The summed E-state index contributed by atoms with van der Waals surface area (Å²) in [6.45, 7) is 9.00. The number of aryl methyl sites for hydroxylation is 1. The largest absolute Gasteiger partial charge is 0.396 e. The number of rotatable bonds is 7. The molecule has 3 heteroatoms. The molecule has 118 valence electrons. The zero-order valence-corrected chi connectivity index (χ0v) is 13.5. The molecule has 1 saturated heterocycles. The van der Waals surface area contributed by atoms with Crippen LogP contribution in [0.4, 0.5) is 0 Å². The molecular formula is C18H30N2O. The molecule has 0 spiro atoms. The van der Waals surface area contributed by atoms with Crippen molar-refractivity contribution in [2.45, 2.75) is 39.2 Å². The van der Waals surface area contributed by atoms with Crippen LogP contribution in [-0.2, 0) is 0 Å². The predicted molar refractivity (Wildman–Crippen MR) is 88.5 cm³/mol. The summed E-state index contributed by atoms with van der Waals surface area (Å²) >= 11 is 0. The lowest BCUT2D eigenvalue weighted by Gasteiger charge is -2.33. The first-order chi connectivity index (χ1) is 10.2. The van der Waals surface area contributed by atoms with Crippen LogP contribution in [0, 0.1) is 12.8 Å². The van der Waals surface area contributed by atoms with E-state index in [1.54, 1.807) is 0 Å². The average molecular weight is 290 g/mol. The molecule has 0 aliphatic carbocycles. The van der Waals surface area contributed by atoms with E-state index in [2.05, 4.69) is 48.3 Å². The number of hydrogen-bond donors (Lipinski definition) is 2. The first kappa shape index (κ1) is 16.5. The smallest absolute Gasteiger partial charge is 0.0471 e. The number of likely N-dealkylation sites (tertiary alicyclic amines) is 1. The molecule has 1 heterocycles. The summed E-state index contributed by atoms with van der Waals surface area (Å²) in [7, 11) is 0. The second-order valence-electron chi connectivity index (χ2n) is 6.30. The summed E-state index contributed by atoms with van der Waals surface area (Å²) in [6.07, 6.45) is 3.54. The maximum atomic E-state index is 9.34. The second kappa shape index (κ2) is 8.52. The number of aliphatic hydroxyl groups excluding tert-OH is 1. The number of nitrogens with zero attached hydrogens (tertiary/aromatic N) is 1. The van der Waals surface area contributed by atoms with Crippen molar-refractivity contribution in [2.24, 2.45) is 5.92 Å². The Bertz CT molecular complexity index is 404. The van der Waals surface area contributed by atoms with Crippen LogP contribution in [0.3, 0.4) is 0 Å². The lowest BCUT2D eigenvalue weighted by atomic mass is 9.97. The predicted octanol–water partition coefficient (Wildman–Crippen LogP) is 2.74. The molecule has 1 aliphatic rings. The van der Waals surface area contributed by atoms with E-state index in [4.69, 9.17) is 0 Å². The Hall–Kier alpha value is -0.900. The number of hydrogen-bond acceptors (Lipinski definition) is 3. The molecule has 21 heavy (non-hydrogen) atoms. The molecule has 1 aromatic rings. The van der Waals surface area contributed by atoms with Gasteiger partial charge in [0, 0.05) is 19.2 Å². The summed E-state index contributed by atoms with van der Waals surface area (Å²) in [5, 5.41) is 12.9. The maximum Gasteiger partial charge on any atom is 0.0471 e. The highest BCUT2D eigenvalue weighted by molar-refractivity contribution is 5.24. The van der Waals surface area contributed by atoms with Gasteiger partial charge in [-0.3, -0.25) is 0 Å². The van der Waals surface area contributed by atoms with E-state index in [0.717, 1.165) is 26.1 Å². The van der Waals surface area contributed by atoms with Gasteiger partial charge in [-0.15, -0.1) is 0 Å². The topological polar surface area (TPSA) is 35.5 Å². The van der Waals surface area contributed by atoms with Crippen molar-refractivity contribution in [2.75, 3.05) is 32.8 Å². The van der Waals surface area contributed by atoms with Gasteiger partial charge in [-0.2, -0.15) is 0 Å². The molecule has 2 atom stereocenters. The quantitative estimate of drug-likeness (QED) is 0.810. The van der Waals surface area contributed by atoms with Gasteiger partial charge in [0.2, 0.25) is 0 Å². The summed E-state index contributed by atoms with van der Waals surface area (Å²) in [5.41, 5.74) is 2.70. The SMILES string of the molecule is CCNC(CCN1CCCC(CO)C1)c1ccc(C)cc1. The van der Waals surface area contributed by atoms with Crippen molar-refractivity contribution >= 4 is 0 Å². The minimum absolute atomic E-state index is 0.338. The van der Waals surface area contributed by atoms with E-state index in [1.807, 2.05) is 0 Å². The van der Waals surface area contributed by atoms with Gasteiger partial charge in [-0.25, -0.2) is 0 Å². The Morgan fingerprint density at radius 2 is 2.10 bits per heavy atom. The Kier molecular flexibility index (Phi) is 6.68. The molecule has 0 saturated carbocycles. The molecule has 2 N–H and O–H groups in total. The summed E-state index contributed by atoms with van der Waals surface area (Å²) < 4.78 is 0. The average Bonchev–Trinajstić information content (AvgIpc) is 2.52. The van der Waals surface area contributed by atoms with E-state index in [0.29, 0.717) is 18.6 Å². The summed E-state index contributed by atoms with van der Waals surface area (Å²) in [4.78, 5) is 2.52. The molecular weight excluding hydrogens is 260 g/mol. The monoisotopic (exact) mass is 290 g/mol. The van der Waals surface area contributed by atoms with Gasteiger partial charge in [0.15, 0.2) is 0 Å². The number of nitrogens with one attached hydrogen (secondary N) is 1. The zero-order chi connectivity index (χ0) is 15.1. The van der Waals surface area contributed by atoms with Gasteiger partial charge in [-0.05, 0) is 57.3 Å². The van der Waals surface area contributed by atoms with E-state index >= 15 is 0 Å². The van der Waals surface area contributed by atoms with Crippen LogP contribution in [0.15, 0.2) is 24.3 Å². The standard InChI is InChI=1S/C18H30N2O/c1-3-19-18(17-8-6-15(2)7-9-17)10-12-20-11-4-5-16(13-20)14-21/h6-9,16,18-19,21H,3-5,10-14H2,1-2H3. The molecule has 3 nitrogen and oxygen atoms in total. The van der Waals surface area contributed by atoms with Crippen LogP contribution in [0.5, 0.6) is 0 Å². The molecule has 1 aromatic carbocycles. The minimum Gasteiger partial charge on any atom is -0.396 e. The fraction of sp³-hybridized carbons (Fsp3) is 0.667. The van der Waals surface area contributed by atoms with Crippen molar-refractivity contribution in [3.8, 4) is 0 Å². The van der Waals surface area contributed by atoms with E-state index in [9.17, 15) is 5.11 Å². The van der Waals surface area contributed by atoms with E-state index < -0.39 is 0 Å². The van der Waals surface area contributed by atoms with Crippen molar-refractivity contribution in [1.82, 2.24) is 10.2 Å². The third-order valence-corrected chi connectivity index (χ3v) is 4.53. The normalized spacial score (nSPS) is 21.4. The zero-order valence-electron chi connectivity index (χ0n) is 13.5. The Labute approximate surface area is 129 Å². The van der Waals surface area contributed by atoms with Crippen molar-refractivity contribution in [1.29, 1.82) is 0 Å². The third kappa shape index (κ3) is 5.10. The van der Waals surface area contributed by atoms with Gasteiger partial charge in [0.25, 0.3) is 0 Å². The second-order valence-corrected chi connectivity index (χ2v) is 6.30. The van der Waals surface area contributed by atoms with Crippen LogP contribution >= 0.6 is 0 Å². The van der Waals surface area contributed by atoms with Crippen LogP contribution in [0.25, 0.3) is 0 Å². The number of benzene rings is 1. The summed E-state index contributed by atoms with van der Waals surface area (Å²) in [5.74, 6) is 0.482. The van der Waals surface area contributed by atoms with Gasteiger partial charge < -0.3 is 15.3 Å². The molecule has 0 aromatic heterocycles. The van der Waals surface area contributed by atoms with E-state index in [1.165, 1.54) is 30.5 Å². The lowest BCUT2D eigenvalue weighted by Crippen LogP contribution is -2.38. The minimum atomic E-state index is 0.338. The van der Waals surface area contributed by atoms with Crippen molar-refractivity contribution in [3.63, 3.8) is 0 Å². The van der Waals surface area contributed by atoms with Crippen molar-refractivity contribution in [3.05, 3.63) is 35.4 Å². The van der Waals surface area contributed by atoms with Gasteiger partial charge >= 0.3 is 0 Å². The fourth-order valence-electron chi connectivity index (χ4n) is 3.25. The molecule has 0 amide bonds. The maximum absolute atomic E-state index is 9.34. The molecule has 2 unspecified atom stereocenters. The van der Waals surface area contributed by atoms with Crippen LogP contribution < -0.4 is 5.32 Å². The highest BCUT2D eigenvalue weighted by Crippen LogP contribution is 2.21. The molecule has 0 bridgehead atoms. The van der Waals surface area contributed by atoms with Gasteiger partial charge in [0.1, 0.15) is 0 Å². The van der Waals surface area contributed by atoms with Crippen LogP contribution in [0.1, 0.15) is 43.4 Å². The first-order valence-corrected chi connectivity index (χ1v) is 8.36. The van der Waals surface area contributed by atoms with E-state index in [-0.39, 0.29) is 0 Å². The number of aliphatic hydroxyl groups is 1. The molecule has 1 fully saturated rings. The Morgan fingerprint density at radius 3 is 2.76 bits per heavy atom. The van der Waals surface area contributed by atoms with Gasteiger partial charge in [-0.1, -0.05) is 36.8 Å². The van der Waals surface area contributed by atoms with Crippen LogP contribution in [0.2, 0.25) is 0 Å². The molecule has 0 radical (unpaired) electrons. The Morgan fingerprint density at radius 1 is 1.33 bits per heavy atom. The highest BCUT2D eigenvalue weighted by atomic mass is 16.3. The Balaban J connectivity index is 1.89. The highest BCUT2D eigenvalue weighted by Gasteiger charge is 2.20.